The Morgan fingerprint density at radius 2 is 2.17 bits per heavy atom. The molecule has 0 radical (unpaired) electrons. The molecule has 0 aromatic heterocycles. The van der Waals surface area contributed by atoms with Crippen LogP contribution >= 0.6 is 0 Å². The number of likely N-dealkylation sites (tertiary alicyclic amines) is 1. The molecule has 98 valence electrons. The van der Waals surface area contributed by atoms with Gasteiger partial charge in [-0.2, -0.15) is 5.10 Å². The fourth-order valence-corrected chi connectivity index (χ4v) is 2.32. The molecular weight excluding hydrogens is 229 g/mol. The lowest BCUT2D eigenvalue weighted by molar-refractivity contribution is 0.183. The minimum atomic E-state index is -0.175. The van der Waals surface area contributed by atoms with E-state index >= 15 is 0 Å². The Balaban J connectivity index is 2.01. The Morgan fingerprint density at radius 1 is 1.44 bits per heavy atom. The first-order chi connectivity index (χ1) is 8.69. The van der Waals surface area contributed by atoms with E-state index in [1.54, 1.807) is 0 Å². The summed E-state index contributed by atoms with van der Waals surface area (Å²) in [5.41, 5.74) is 1.45. The van der Waals surface area contributed by atoms with Crippen LogP contribution in [-0.4, -0.2) is 24.2 Å². The third kappa shape index (κ3) is 3.29. The number of hydrogen-bond donors (Lipinski definition) is 1. The number of piperidine rings is 1. The lowest BCUT2D eigenvalue weighted by atomic mass is 9.98. The molecule has 1 heterocycles. The van der Waals surface area contributed by atoms with Crippen LogP contribution in [0.4, 0.5) is 4.39 Å². The molecule has 0 bridgehead atoms. The molecule has 1 aromatic carbocycles. The van der Waals surface area contributed by atoms with Gasteiger partial charge >= 0.3 is 0 Å². The molecule has 2 N–H and O–H groups in total. The van der Waals surface area contributed by atoms with Crippen LogP contribution in [0.3, 0.4) is 0 Å². The van der Waals surface area contributed by atoms with Crippen LogP contribution in [0.1, 0.15) is 30.9 Å². The number of hydrogen-bond acceptors (Lipinski definition) is 3. The zero-order valence-corrected chi connectivity index (χ0v) is 10.8. The fourth-order valence-electron chi connectivity index (χ4n) is 2.32. The van der Waals surface area contributed by atoms with Gasteiger partial charge in [-0.3, -0.25) is 4.90 Å². The normalized spacial score (nSPS) is 18.6. The smallest absolute Gasteiger partial charge is 0.128 e. The minimum Gasteiger partial charge on any atom is -0.323 e. The summed E-state index contributed by atoms with van der Waals surface area (Å²) in [4.78, 5) is 2.31. The van der Waals surface area contributed by atoms with Crippen LogP contribution in [0.2, 0.25) is 0 Å². The number of nitrogens with two attached hydrogens (primary N) is 1. The first-order valence-corrected chi connectivity index (χ1v) is 6.43. The molecule has 0 amide bonds. The lowest BCUT2D eigenvalue weighted by Crippen LogP contribution is -2.32. The van der Waals surface area contributed by atoms with Crippen LogP contribution in [0.15, 0.2) is 23.3 Å². The van der Waals surface area contributed by atoms with Crippen molar-refractivity contribution in [2.45, 2.75) is 26.3 Å². The maximum absolute atomic E-state index is 13.9. The molecule has 2 rings (SSSR count). The maximum atomic E-state index is 13.9. The highest BCUT2D eigenvalue weighted by Gasteiger charge is 2.16. The Labute approximate surface area is 107 Å². The van der Waals surface area contributed by atoms with Crippen molar-refractivity contribution in [2.24, 2.45) is 16.9 Å². The Hall–Kier alpha value is -1.42. The lowest BCUT2D eigenvalue weighted by Gasteiger charge is -2.30. The van der Waals surface area contributed by atoms with Gasteiger partial charge in [-0.1, -0.05) is 19.1 Å². The number of hydrazone groups is 1. The first-order valence-electron chi connectivity index (χ1n) is 6.43. The van der Waals surface area contributed by atoms with Crippen LogP contribution in [-0.2, 0) is 6.54 Å². The summed E-state index contributed by atoms with van der Waals surface area (Å²) in [5, 5.41) is 3.40. The average molecular weight is 249 g/mol. The van der Waals surface area contributed by atoms with E-state index in [-0.39, 0.29) is 5.82 Å². The second-order valence-corrected chi connectivity index (χ2v) is 5.09. The van der Waals surface area contributed by atoms with Gasteiger partial charge in [0.2, 0.25) is 0 Å². The average Bonchev–Trinajstić information content (AvgIpc) is 2.36. The summed E-state index contributed by atoms with van der Waals surface area (Å²) in [7, 11) is 0. The molecule has 18 heavy (non-hydrogen) atoms. The number of rotatable bonds is 3. The summed E-state index contributed by atoms with van der Waals surface area (Å²) >= 11 is 0. The van der Waals surface area contributed by atoms with E-state index in [9.17, 15) is 4.39 Å². The van der Waals surface area contributed by atoms with E-state index in [1.807, 2.05) is 12.1 Å². The molecule has 0 saturated carbocycles. The Bertz CT molecular complexity index is 423. The number of nitrogens with zero attached hydrogens (tertiary/aromatic N) is 2. The largest absolute Gasteiger partial charge is 0.323 e. The topological polar surface area (TPSA) is 41.6 Å². The van der Waals surface area contributed by atoms with Gasteiger partial charge in [0.1, 0.15) is 5.82 Å². The standard InChI is InChI=1S/C14H20FN3/c1-11-4-6-18(7-5-11)10-13-3-2-12(9-17-16)8-14(13)15/h2-3,8-9,11H,4-7,10,16H2,1H3. The van der Waals surface area contributed by atoms with Crippen molar-refractivity contribution in [3.05, 3.63) is 35.1 Å². The summed E-state index contributed by atoms with van der Waals surface area (Å²) in [6.45, 7) is 5.09. The van der Waals surface area contributed by atoms with Crippen molar-refractivity contribution < 1.29 is 4.39 Å². The van der Waals surface area contributed by atoms with Crippen molar-refractivity contribution in [3.8, 4) is 0 Å². The van der Waals surface area contributed by atoms with Crippen molar-refractivity contribution in [1.29, 1.82) is 0 Å². The third-order valence-electron chi connectivity index (χ3n) is 3.57. The van der Waals surface area contributed by atoms with Crippen LogP contribution < -0.4 is 5.84 Å². The van der Waals surface area contributed by atoms with Crippen molar-refractivity contribution in [3.63, 3.8) is 0 Å². The summed E-state index contributed by atoms with van der Waals surface area (Å²) in [6.07, 6.45) is 3.87. The molecule has 1 fully saturated rings. The molecule has 1 saturated heterocycles. The monoisotopic (exact) mass is 249 g/mol. The Kier molecular flexibility index (Phi) is 4.31. The summed E-state index contributed by atoms with van der Waals surface area (Å²) in [6, 6.07) is 5.16. The van der Waals surface area contributed by atoms with Gasteiger partial charge in [0.15, 0.2) is 0 Å². The van der Waals surface area contributed by atoms with E-state index in [0.717, 1.165) is 24.6 Å². The summed E-state index contributed by atoms with van der Waals surface area (Å²) < 4.78 is 13.9. The highest BCUT2D eigenvalue weighted by atomic mass is 19.1. The highest BCUT2D eigenvalue weighted by molar-refractivity contribution is 5.79. The first kappa shape index (κ1) is 13.0. The molecule has 3 nitrogen and oxygen atoms in total. The molecule has 1 aromatic rings. The van der Waals surface area contributed by atoms with Gasteiger partial charge in [-0.15, -0.1) is 0 Å². The van der Waals surface area contributed by atoms with Gasteiger partial charge in [-0.25, -0.2) is 4.39 Å². The number of halogens is 1. The van der Waals surface area contributed by atoms with E-state index in [0.29, 0.717) is 12.1 Å². The zero-order valence-electron chi connectivity index (χ0n) is 10.8. The van der Waals surface area contributed by atoms with Crippen LogP contribution in [0.25, 0.3) is 0 Å². The van der Waals surface area contributed by atoms with Crippen LogP contribution in [0.5, 0.6) is 0 Å². The molecule has 1 aliphatic rings. The zero-order chi connectivity index (χ0) is 13.0. The third-order valence-corrected chi connectivity index (χ3v) is 3.57. The SMILES string of the molecule is CC1CCN(Cc2ccc(C=NN)cc2F)CC1. The molecule has 1 aliphatic heterocycles. The van der Waals surface area contributed by atoms with E-state index in [1.165, 1.54) is 25.1 Å². The van der Waals surface area contributed by atoms with Crippen molar-refractivity contribution in [2.75, 3.05) is 13.1 Å². The van der Waals surface area contributed by atoms with Crippen LogP contribution in [0, 0.1) is 11.7 Å². The predicted octanol–water partition coefficient (Wildman–Crippen LogP) is 2.35. The fraction of sp³-hybridized carbons (Fsp3) is 0.500. The highest BCUT2D eigenvalue weighted by Crippen LogP contribution is 2.19. The molecule has 0 unspecified atom stereocenters. The molecule has 0 atom stereocenters. The molecule has 4 heteroatoms. The second kappa shape index (κ2) is 5.96. The van der Waals surface area contributed by atoms with Gasteiger partial charge in [0.25, 0.3) is 0 Å². The van der Waals surface area contributed by atoms with E-state index in [2.05, 4.69) is 16.9 Å². The molecule has 0 spiro atoms. The summed E-state index contributed by atoms with van der Waals surface area (Å²) in [5.74, 6) is 5.68. The second-order valence-electron chi connectivity index (χ2n) is 5.09. The van der Waals surface area contributed by atoms with Gasteiger partial charge in [0.05, 0.1) is 6.21 Å². The predicted molar refractivity (Wildman–Crippen MR) is 71.9 cm³/mol. The number of benzene rings is 1. The van der Waals surface area contributed by atoms with Gasteiger partial charge in [0, 0.05) is 12.1 Å². The Morgan fingerprint density at radius 3 is 2.78 bits per heavy atom. The molecular formula is C14H20FN3. The van der Waals surface area contributed by atoms with E-state index in [4.69, 9.17) is 5.84 Å². The van der Waals surface area contributed by atoms with E-state index < -0.39 is 0 Å². The van der Waals surface area contributed by atoms with Crippen molar-refractivity contribution >= 4 is 6.21 Å². The quantitative estimate of drug-likeness (QED) is 0.507. The maximum Gasteiger partial charge on any atom is 0.128 e. The molecule has 0 aliphatic carbocycles. The van der Waals surface area contributed by atoms with Gasteiger partial charge in [-0.05, 0) is 43.5 Å². The van der Waals surface area contributed by atoms with Gasteiger partial charge < -0.3 is 5.84 Å². The van der Waals surface area contributed by atoms with Crippen molar-refractivity contribution in [1.82, 2.24) is 4.90 Å². The minimum absolute atomic E-state index is 0.175.